The maximum Gasteiger partial charge on any atom is 0.303 e. The molecule has 2 aromatic rings. The number of carbonyl (C=O) groups excluding carboxylic acids is 2. The van der Waals surface area contributed by atoms with Gasteiger partial charge in [-0.05, 0) is 36.2 Å². The van der Waals surface area contributed by atoms with Gasteiger partial charge in [0.2, 0.25) is 5.91 Å². The summed E-state index contributed by atoms with van der Waals surface area (Å²) in [5.74, 6) is -1.68. The molecule has 1 heterocycles. The van der Waals surface area contributed by atoms with E-state index in [4.69, 9.17) is 20.8 Å². The highest BCUT2D eigenvalue weighted by molar-refractivity contribution is 6.01. The highest BCUT2D eigenvalue weighted by atomic mass is 16.5. The Morgan fingerprint density at radius 2 is 1.97 bits per heavy atom. The number of carboxylic acids is 1. The van der Waals surface area contributed by atoms with Crippen molar-refractivity contribution in [3.05, 3.63) is 64.7 Å². The number of ether oxygens (including phenoxy) is 1. The zero-order valence-electron chi connectivity index (χ0n) is 15.5. The Labute approximate surface area is 167 Å². The second kappa shape index (κ2) is 8.44. The highest BCUT2D eigenvalue weighted by Crippen LogP contribution is 2.33. The quantitative estimate of drug-likeness (QED) is 0.702. The van der Waals surface area contributed by atoms with Gasteiger partial charge in [0.25, 0.3) is 5.91 Å². The number of primary amides is 1. The molecule has 2 aromatic carbocycles. The van der Waals surface area contributed by atoms with E-state index in [9.17, 15) is 14.4 Å². The lowest BCUT2D eigenvalue weighted by molar-refractivity contribution is -0.137. The van der Waals surface area contributed by atoms with Gasteiger partial charge in [0.15, 0.2) is 0 Å². The van der Waals surface area contributed by atoms with Crippen molar-refractivity contribution in [3.8, 4) is 11.8 Å². The van der Waals surface area contributed by atoms with Crippen molar-refractivity contribution in [1.29, 1.82) is 5.26 Å². The molecule has 0 spiro atoms. The topological polar surface area (TPSA) is 134 Å². The maximum absolute atomic E-state index is 12.8. The number of benzene rings is 2. The van der Waals surface area contributed by atoms with Crippen LogP contribution in [0.3, 0.4) is 0 Å². The number of fused-ring (bicyclic) bond motifs is 1. The molecular formula is C21H19N3O5. The van der Waals surface area contributed by atoms with E-state index in [1.807, 2.05) is 0 Å². The van der Waals surface area contributed by atoms with Gasteiger partial charge in [0.1, 0.15) is 18.4 Å². The van der Waals surface area contributed by atoms with E-state index in [-0.39, 0.29) is 31.9 Å². The summed E-state index contributed by atoms with van der Waals surface area (Å²) >= 11 is 0. The van der Waals surface area contributed by atoms with Gasteiger partial charge in [0, 0.05) is 17.5 Å². The van der Waals surface area contributed by atoms with Crippen LogP contribution in [0.15, 0.2) is 42.5 Å². The summed E-state index contributed by atoms with van der Waals surface area (Å²) in [6, 6.07) is 13.1. The van der Waals surface area contributed by atoms with Gasteiger partial charge in [-0.25, -0.2) is 0 Å². The van der Waals surface area contributed by atoms with Crippen molar-refractivity contribution >= 4 is 17.8 Å². The smallest absolute Gasteiger partial charge is 0.303 e. The first-order chi connectivity index (χ1) is 13.9. The molecule has 1 unspecified atom stereocenters. The summed E-state index contributed by atoms with van der Waals surface area (Å²) in [4.78, 5) is 36.8. The van der Waals surface area contributed by atoms with Gasteiger partial charge < -0.3 is 20.5 Å². The summed E-state index contributed by atoms with van der Waals surface area (Å²) in [6.45, 7) is 0.361. The maximum atomic E-state index is 12.8. The molecule has 0 aliphatic carbocycles. The molecule has 1 aliphatic rings. The van der Waals surface area contributed by atoms with Crippen LogP contribution >= 0.6 is 0 Å². The second-order valence-electron chi connectivity index (χ2n) is 6.66. The Bertz CT molecular complexity index is 994. The molecule has 1 atom stereocenters. The fourth-order valence-electron chi connectivity index (χ4n) is 3.26. The Kier molecular flexibility index (Phi) is 5.79. The number of carbonyl (C=O) groups is 3. The van der Waals surface area contributed by atoms with Crippen LogP contribution in [-0.4, -0.2) is 33.8 Å². The molecule has 2 amide bonds. The number of amides is 2. The van der Waals surface area contributed by atoms with Crippen LogP contribution in [-0.2, 0) is 22.7 Å². The number of nitriles is 1. The lowest BCUT2D eigenvalue weighted by atomic mass is 10.1. The minimum Gasteiger partial charge on any atom is -0.489 e. The van der Waals surface area contributed by atoms with Gasteiger partial charge in [0.05, 0.1) is 18.2 Å². The Hall–Kier alpha value is -3.86. The van der Waals surface area contributed by atoms with Gasteiger partial charge in [-0.3, -0.25) is 14.4 Å². The predicted octanol–water partition coefficient (Wildman–Crippen LogP) is 1.81. The van der Waals surface area contributed by atoms with Crippen LogP contribution in [0.4, 0.5) is 0 Å². The third-order valence-electron chi connectivity index (χ3n) is 4.77. The number of nitrogens with two attached hydrogens (primary N) is 1. The van der Waals surface area contributed by atoms with E-state index in [0.717, 1.165) is 5.56 Å². The van der Waals surface area contributed by atoms with Gasteiger partial charge in [-0.1, -0.05) is 18.2 Å². The lowest BCUT2D eigenvalue weighted by Crippen LogP contribution is -2.45. The van der Waals surface area contributed by atoms with Crippen molar-refractivity contribution in [1.82, 2.24) is 4.90 Å². The zero-order valence-corrected chi connectivity index (χ0v) is 15.5. The molecule has 8 heteroatoms. The van der Waals surface area contributed by atoms with Crippen LogP contribution in [0, 0.1) is 11.3 Å². The first-order valence-corrected chi connectivity index (χ1v) is 8.96. The van der Waals surface area contributed by atoms with Crippen molar-refractivity contribution < 1.29 is 24.2 Å². The molecule has 0 bridgehead atoms. The van der Waals surface area contributed by atoms with Crippen LogP contribution in [0.25, 0.3) is 0 Å². The molecule has 0 fully saturated rings. The molecule has 0 aromatic heterocycles. The SMILES string of the molecule is N#Cc1ccc(COc2cccc3c2CN(C(CCC(=O)O)C(N)=O)C3=O)cc1. The molecule has 0 saturated carbocycles. The predicted molar refractivity (Wildman–Crippen MR) is 102 cm³/mol. The summed E-state index contributed by atoms with van der Waals surface area (Å²) < 4.78 is 5.87. The Morgan fingerprint density at radius 3 is 2.59 bits per heavy atom. The number of hydrogen-bond donors (Lipinski definition) is 2. The Balaban J connectivity index is 1.77. The number of aliphatic carboxylic acids is 1. The number of nitrogens with zero attached hydrogens (tertiary/aromatic N) is 2. The molecular weight excluding hydrogens is 374 g/mol. The molecule has 1 aliphatic heterocycles. The fourth-order valence-corrected chi connectivity index (χ4v) is 3.26. The molecule has 3 rings (SSSR count). The lowest BCUT2D eigenvalue weighted by Gasteiger charge is -2.24. The molecule has 148 valence electrons. The monoisotopic (exact) mass is 393 g/mol. The van der Waals surface area contributed by atoms with Gasteiger partial charge in [-0.15, -0.1) is 0 Å². The summed E-state index contributed by atoms with van der Waals surface area (Å²) in [6.07, 6.45) is -0.318. The Morgan fingerprint density at radius 1 is 1.24 bits per heavy atom. The minimum atomic E-state index is -1.06. The zero-order chi connectivity index (χ0) is 21.0. The van der Waals surface area contributed by atoms with E-state index >= 15 is 0 Å². The van der Waals surface area contributed by atoms with Crippen LogP contribution in [0.1, 0.15) is 39.9 Å². The summed E-state index contributed by atoms with van der Waals surface area (Å²) in [5, 5.41) is 17.7. The largest absolute Gasteiger partial charge is 0.489 e. The van der Waals surface area contributed by atoms with Gasteiger partial charge >= 0.3 is 5.97 Å². The normalized spacial score (nSPS) is 13.5. The third kappa shape index (κ3) is 4.35. The number of rotatable bonds is 8. The van der Waals surface area contributed by atoms with Gasteiger partial charge in [-0.2, -0.15) is 5.26 Å². The standard InChI is InChI=1S/C21H19N3O5/c22-10-13-4-6-14(7-5-13)12-29-18-3-1-2-15-16(18)11-24(21(15)28)17(20(23)27)8-9-19(25)26/h1-7,17H,8-9,11-12H2,(H2,23,27)(H,25,26). The van der Waals surface area contributed by atoms with Crippen molar-refractivity contribution in [2.45, 2.75) is 32.0 Å². The van der Waals surface area contributed by atoms with E-state index in [1.54, 1.807) is 42.5 Å². The minimum absolute atomic E-state index is 0.0498. The highest BCUT2D eigenvalue weighted by Gasteiger charge is 2.37. The second-order valence-corrected chi connectivity index (χ2v) is 6.66. The molecule has 8 nitrogen and oxygen atoms in total. The average molecular weight is 393 g/mol. The summed E-state index contributed by atoms with van der Waals surface area (Å²) in [5.41, 5.74) is 7.87. The van der Waals surface area contributed by atoms with E-state index in [0.29, 0.717) is 22.4 Å². The molecule has 3 N–H and O–H groups in total. The number of hydrogen-bond acceptors (Lipinski definition) is 5. The summed E-state index contributed by atoms with van der Waals surface area (Å²) in [7, 11) is 0. The molecule has 29 heavy (non-hydrogen) atoms. The van der Waals surface area contributed by atoms with E-state index in [2.05, 4.69) is 6.07 Å². The van der Waals surface area contributed by atoms with E-state index in [1.165, 1.54) is 4.90 Å². The molecule has 0 radical (unpaired) electrons. The fraction of sp³-hybridized carbons (Fsp3) is 0.238. The van der Waals surface area contributed by atoms with Crippen molar-refractivity contribution in [2.24, 2.45) is 5.73 Å². The first-order valence-electron chi connectivity index (χ1n) is 8.96. The van der Waals surface area contributed by atoms with Crippen LogP contribution in [0.2, 0.25) is 0 Å². The van der Waals surface area contributed by atoms with Crippen molar-refractivity contribution in [2.75, 3.05) is 0 Å². The first kappa shape index (κ1) is 19.9. The van der Waals surface area contributed by atoms with Crippen molar-refractivity contribution in [3.63, 3.8) is 0 Å². The third-order valence-corrected chi connectivity index (χ3v) is 4.77. The molecule has 0 saturated heterocycles. The van der Waals surface area contributed by atoms with Crippen LogP contribution < -0.4 is 10.5 Å². The van der Waals surface area contributed by atoms with Crippen LogP contribution in [0.5, 0.6) is 5.75 Å². The average Bonchev–Trinajstić information content (AvgIpc) is 3.03. The number of carboxylic acid groups (broad SMARTS) is 1. The van der Waals surface area contributed by atoms with E-state index < -0.39 is 17.9 Å².